The Morgan fingerprint density at radius 1 is 1.15 bits per heavy atom. The molecular formula is C14H19Cl2N3O. The number of aromatic nitrogens is 1. The van der Waals surface area contributed by atoms with Crippen LogP contribution < -0.4 is 15.8 Å². The summed E-state index contributed by atoms with van der Waals surface area (Å²) in [5.41, 5.74) is 8.66. The van der Waals surface area contributed by atoms with Crippen molar-refractivity contribution in [1.82, 2.24) is 4.98 Å². The number of anilines is 2. The summed E-state index contributed by atoms with van der Waals surface area (Å²) < 4.78 is 5.12. The molecule has 110 valence electrons. The highest BCUT2D eigenvalue weighted by atomic mass is 35.5. The minimum atomic E-state index is 0. The lowest BCUT2D eigenvalue weighted by molar-refractivity contribution is 0.414. The van der Waals surface area contributed by atoms with Crippen LogP contribution in [0, 0.1) is 0 Å². The number of pyridine rings is 1. The average Bonchev–Trinajstić information content (AvgIpc) is 2.42. The summed E-state index contributed by atoms with van der Waals surface area (Å²) in [5, 5.41) is 3.29. The van der Waals surface area contributed by atoms with E-state index in [1.54, 1.807) is 19.5 Å². The molecule has 0 unspecified atom stereocenters. The first kappa shape index (κ1) is 18.4. The standard InChI is InChI=1S/C14H17N3O.2ClH/c1-18-12-4-2-11(3-5-12)6-9-17-14-7-8-16-10-13(14)15;;/h2-5,7-8,10H,6,9,15H2,1H3,(H,16,17);2*1H. The first-order valence-corrected chi connectivity index (χ1v) is 5.86. The molecule has 0 spiro atoms. The van der Waals surface area contributed by atoms with Gasteiger partial charge in [0, 0.05) is 12.7 Å². The van der Waals surface area contributed by atoms with Gasteiger partial charge in [-0.3, -0.25) is 4.98 Å². The Kier molecular flexibility index (Phi) is 8.52. The van der Waals surface area contributed by atoms with Gasteiger partial charge in [0.05, 0.1) is 24.7 Å². The van der Waals surface area contributed by atoms with Gasteiger partial charge < -0.3 is 15.8 Å². The van der Waals surface area contributed by atoms with Gasteiger partial charge in [0.25, 0.3) is 0 Å². The van der Waals surface area contributed by atoms with Gasteiger partial charge in [0.2, 0.25) is 0 Å². The van der Waals surface area contributed by atoms with Crippen molar-refractivity contribution in [2.45, 2.75) is 6.42 Å². The zero-order valence-electron chi connectivity index (χ0n) is 11.2. The number of rotatable bonds is 5. The molecule has 1 aromatic carbocycles. The van der Waals surface area contributed by atoms with Crippen molar-refractivity contribution in [3.63, 3.8) is 0 Å². The van der Waals surface area contributed by atoms with E-state index in [4.69, 9.17) is 10.5 Å². The highest BCUT2D eigenvalue weighted by Gasteiger charge is 1.98. The van der Waals surface area contributed by atoms with Crippen LogP contribution >= 0.6 is 24.8 Å². The van der Waals surface area contributed by atoms with E-state index in [9.17, 15) is 0 Å². The Morgan fingerprint density at radius 3 is 2.45 bits per heavy atom. The van der Waals surface area contributed by atoms with Crippen LogP contribution in [-0.2, 0) is 6.42 Å². The van der Waals surface area contributed by atoms with Gasteiger partial charge in [-0.25, -0.2) is 0 Å². The summed E-state index contributed by atoms with van der Waals surface area (Å²) in [6.07, 6.45) is 4.31. The summed E-state index contributed by atoms with van der Waals surface area (Å²) in [7, 11) is 1.67. The molecule has 2 rings (SSSR count). The van der Waals surface area contributed by atoms with E-state index in [2.05, 4.69) is 22.4 Å². The largest absolute Gasteiger partial charge is 0.497 e. The van der Waals surface area contributed by atoms with Crippen LogP contribution in [-0.4, -0.2) is 18.6 Å². The first-order valence-electron chi connectivity index (χ1n) is 5.86. The lowest BCUT2D eigenvalue weighted by atomic mass is 10.1. The third-order valence-electron chi connectivity index (χ3n) is 2.74. The van der Waals surface area contributed by atoms with Crippen LogP contribution in [0.25, 0.3) is 0 Å². The van der Waals surface area contributed by atoms with Crippen LogP contribution in [0.4, 0.5) is 11.4 Å². The van der Waals surface area contributed by atoms with E-state index >= 15 is 0 Å². The third-order valence-corrected chi connectivity index (χ3v) is 2.74. The van der Waals surface area contributed by atoms with Gasteiger partial charge in [-0.15, -0.1) is 24.8 Å². The lowest BCUT2D eigenvalue weighted by Crippen LogP contribution is -2.06. The second-order valence-electron chi connectivity index (χ2n) is 3.99. The van der Waals surface area contributed by atoms with Crippen LogP contribution in [0.15, 0.2) is 42.7 Å². The summed E-state index contributed by atoms with van der Waals surface area (Å²) in [4.78, 5) is 3.95. The van der Waals surface area contributed by atoms with Crippen molar-refractivity contribution in [3.8, 4) is 5.75 Å². The number of nitrogens with one attached hydrogen (secondary N) is 1. The predicted octanol–water partition coefficient (Wildman–Crippen LogP) is 3.17. The minimum Gasteiger partial charge on any atom is -0.497 e. The maximum absolute atomic E-state index is 5.80. The van der Waals surface area contributed by atoms with Gasteiger partial charge in [-0.2, -0.15) is 0 Å². The molecule has 1 aromatic heterocycles. The summed E-state index contributed by atoms with van der Waals surface area (Å²) in [6.45, 7) is 0.834. The second kappa shape index (κ2) is 9.28. The normalized spacial score (nSPS) is 9.05. The summed E-state index contributed by atoms with van der Waals surface area (Å²) in [5.74, 6) is 0.880. The van der Waals surface area contributed by atoms with Crippen molar-refractivity contribution in [2.24, 2.45) is 0 Å². The molecule has 0 atom stereocenters. The topological polar surface area (TPSA) is 60.2 Å². The molecule has 0 radical (unpaired) electrons. The van der Waals surface area contributed by atoms with Crippen molar-refractivity contribution in [1.29, 1.82) is 0 Å². The third kappa shape index (κ3) is 5.15. The molecule has 2 aromatic rings. The molecule has 0 bridgehead atoms. The van der Waals surface area contributed by atoms with Crippen LogP contribution in [0.3, 0.4) is 0 Å². The van der Waals surface area contributed by atoms with E-state index in [0.717, 1.165) is 24.4 Å². The number of methoxy groups -OCH3 is 1. The number of nitrogens with two attached hydrogens (primary N) is 1. The Labute approximate surface area is 131 Å². The van der Waals surface area contributed by atoms with Crippen molar-refractivity contribution in [3.05, 3.63) is 48.3 Å². The zero-order chi connectivity index (χ0) is 12.8. The molecule has 0 saturated heterocycles. The number of hydrogen-bond donors (Lipinski definition) is 2. The highest BCUT2D eigenvalue weighted by molar-refractivity contribution is 5.85. The molecular weight excluding hydrogens is 297 g/mol. The average molecular weight is 316 g/mol. The monoisotopic (exact) mass is 315 g/mol. The molecule has 0 saturated carbocycles. The highest BCUT2D eigenvalue weighted by Crippen LogP contribution is 2.16. The van der Waals surface area contributed by atoms with E-state index in [1.807, 2.05) is 18.2 Å². The van der Waals surface area contributed by atoms with Gasteiger partial charge in [-0.05, 0) is 30.2 Å². The number of nitrogen functional groups attached to an aromatic ring is 1. The van der Waals surface area contributed by atoms with Gasteiger partial charge in [-0.1, -0.05) is 12.1 Å². The number of halogens is 2. The molecule has 1 heterocycles. The second-order valence-corrected chi connectivity index (χ2v) is 3.99. The fourth-order valence-corrected chi connectivity index (χ4v) is 1.70. The van der Waals surface area contributed by atoms with Crippen LogP contribution in [0.1, 0.15) is 5.56 Å². The fraction of sp³-hybridized carbons (Fsp3) is 0.214. The van der Waals surface area contributed by atoms with Crippen LogP contribution in [0.5, 0.6) is 5.75 Å². The predicted molar refractivity (Wildman–Crippen MR) is 88.3 cm³/mol. The molecule has 0 fully saturated rings. The van der Waals surface area contributed by atoms with E-state index in [1.165, 1.54) is 5.56 Å². The van der Waals surface area contributed by atoms with E-state index < -0.39 is 0 Å². The maximum Gasteiger partial charge on any atom is 0.118 e. The van der Waals surface area contributed by atoms with Gasteiger partial charge >= 0.3 is 0 Å². The van der Waals surface area contributed by atoms with Crippen LogP contribution in [0.2, 0.25) is 0 Å². The molecule has 3 N–H and O–H groups in total. The smallest absolute Gasteiger partial charge is 0.118 e. The number of hydrogen-bond acceptors (Lipinski definition) is 4. The summed E-state index contributed by atoms with van der Waals surface area (Å²) >= 11 is 0. The van der Waals surface area contributed by atoms with Crippen molar-refractivity contribution >= 4 is 36.2 Å². The molecule has 0 amide bonds. The SMILES string of the molecule is COc1ccc(CCNc2ccncc2N)cc1.Cl.Cl. The zero-order valence-corrected chi connectivity index (χ0v) is 12.8. The molecule has 0 aliphatic rings. The molecule has 6 heteroatoms. The quantitative estimate of drug-likeness (QED) is 0.889. The van der Waals surface area contributed by atoms with Gasteiger partial charge in [0.15, 0.2) is 0 Å². The minimum absolute atomic E-state index is 0. The number of ether oxygens (including phenoxy) is 1. The Bertz CT molecular complexity index is 506. The first-order chi connectivity index (χ1) is 8.79. The van der Waals surface area contributed by atoms with Gasteiger partial charge in [0.1, 0.15) is 5.75 Å². The molecule has 0 aliphatic heterocycles. The number of benzene rings is 1. The lowest BCUT2D eigenvalue weighted by Gasteiger charge is -2.08. The summed E-state index contributed by atoms with van der Waals surface area (Å²) in [6, 6.07) is 9.95. The maximum atomic E-state index is 5.80. The Balaban J connectivity index is 0.00000180. The fourth-order valence-electron chi connectivity index (χ4n) is 1.70. The molecule has 4 nitrogen and oxygen atoms in total. The Morgan fingerprint density at radius 2 is 1.85 bits per heavy atom. The molecule has 0 aliphatic carbocycles. The van der Waals surface area contributed by atoms with Crippen molar-refractivity contribution < 1.29 is 4.74 Å². The number of nitrogens with zero attached hydrogens (tertiary/aromatic N) is 1. The van der Waals surface area contributed by atoms with Crippen molar-refractivity contribution in [2.75, 3.05) is 24.7 Å². The molecule has 20 heavy (non-hydrogen) atoms. The van der Waals surface area contributed by atoms with E-state index in [-0.39, 0.29) is 24.8 Å². The Hall–Kier alpha value is -1.65. The van der Waals surface area contributed by atoms with E-state index in [0.29, 0.717) is 5.69 Å².